The van der Waals surface area contributed by atoms with E-state index < -0.39 is 5.82 Å². The Bertz CT molecular complexity index is 578. The van der Waals surface area contributed by atoms with Crippen LogP contribution in [0.4, 0.5) is 10.1 Å². The van der Waals surface area contributed by atoms with E-state index in [1.165, 1.54) is 18.2 Å². The standard InChI is InChI=1S/C14H10FNO2/c15-12-7-4-8-13(14(12)16-10-17)18-9-11-5-2-1-3-6-11/h1-8H,9H2. The summed E-state index contributed by atoms with van der Waals surface area (Å²) in [5.74, 6) is -0.383. The van der Waals surface area contributed by atoms with Crippen LogP contribution in [0.5, 0.6) is 5.75 Å². The van der Waals surface area contributed by atoms with Gasteiger partial charge in [0.2, 0.25) is 6.08 Å². The van der Waals surface area contributed by atoms with Gasteiger partial charge in [-0.2, -0.15) is 4.99 Å². The first kappa shape index (κ1) is 12.0. The maximum absolute atomic E-state index is 13.4. The average molecular weight is 243 g/mol. The van der Waals surface area contributed by atoms with E-state index in [-0.39, 0.29) is 18.0 Å². The van der Waals surface area contributed by atoms with Gasteiger partial charge in [0.1, 0.15) is 12.4 Å². The van der Waals surface area contributed by atoms with Crippen molar-refractivity contribution in [3.05, 3.63) is 59.9 Å². The highest BCUT2D eigenvalue weighted by Gasteiger charge is 2.08. The molecule has 0 atom stereocenters. The molecule has 0 heterocycles. The third-order valence-corrected chi connectivity index (χ3v) is 2.34. The first-order chi connectivity index (χ1) is 8.81. The van der Waals surface area contributed by atoms with Gasteiger partial charge in [0.15, 0.2) is 11.5 Å². The number of hydrogen-bond acceptors (Lipinski definition) is 3. The van der Waals surface area contributed by atoms with Crippen molar-refractivity contribution in [3.63, 3.8) is 0 Å². The second kappa shape index (κ2) is 5.75. The number of isocyanates is 1. The molecule has 0 aliphatic carbocycles. The molecule has 0 saturated carbocycles. The summed E-state index contributed by atoms with van der Waals surface area (Å²) in [7, 11) is 0. The van der Waals surface area contributed by atoms with Crippen molar-refractivity contribution in [2.75, 3.05) is 0 Å². The third-order valence-electron chi connectivity index (χ3n) is 2.34. The van der Waals surface area contributed by atoms with Crippen LogP contribution in [0.15, 0.2) is 53.5 Å². The van der Waals surface area contributed by atoms with Crippen LogP contribution in [-0.4, -0.2) is 6.08 Å². The molecule has 18 heavy (non-hydrogen) atoms. The molecule has 0 N–H and O–H groups in total. The molecule has 0 aliphatic heterocycles. The van der Waals surface area contributed by atoms with Gasteiger partial charge in [0, 0.05) is 0 Å². The highest BCUT2D eigenvalue weighted by atomic mass is 19.1. The van der Waals surface area contributed by atoms with Crippen molar-refractivity contribution in [1.82, 2.24) is 0 Å². The summed E-state index contributed by atoms with van der Waals surface area (Å²) < 4.78 is 18.9. The van der Waals surface area contributed by atoms with Crippen LogP contribution < -0.4 is 4.74 Å². The van der Waals surface area contributed by atoms with E-state index in [9.17, 15) is 9.18 Å². The number of ether oxygens (including phenoxy) is 1. The number of para-hydroxylation sites is 1. The molecular weight excluding hydrogens is 233 g/mol. The highest BCUT2D eigenvalue weighted by Crippen LogP contribution is 2.30. The van der Waals surface area contributed by atoms with Crippen LogP contribution in [0.2, 0.25) is 0 Å². The fourth-order valence-corrected chi connectivity index (χ4v) is 1.50. The van der Waals surface area contributed by atoms with Crippen molar-refractivity contribution in [3.8, 4) is 5.75 Å². The molecule has 0 bridgehead atoms. The predicted octanol–water partition coefficient (Wildman–Crippen LogP) is 3.37. The fourth-order valence-electron chi connectivity index (χ4n) is 1.50. The number of benzene rings is 2. The lowest BCUT2D eigenvalue weighted by Gasteiger charge is -2.08. The molecule has 4 heteroatoms. The maximum Gasteiger partial charge on any atom is 0.240 e. The topological polar surface area (TPSA) is 38.7 Å². The Labute approximate surface area is 104 Å². The molecule has 90 valence electrons. The summed E-state index contributed by atoms with van der Waals surface area (Å²) in [6.45, 7) is 0.283. The monoisotopic (exact) mass is 243 g/mol. The van der Waals surface area contributed by atoms with Gasteiger partial charge in [-0.15, -0.1) is 0 Å². The van der Waals surface area contributed by atoms with Crippen molar-refractivity contribution >= 4 is 11.8 Å². The Morgan fingerprint density at radius 1 is 1.11 bits per heavy atom. The summed E-state index contributed by atoms with van der Waals surface area (Å²) in [4.78, 5) is 13.6. The molecule has 0 unspecified atom stereocenters. The van der Waals surface area contributed by atoms with Gasteiger partial charge < -0.3 is 4.74 Å². The molecule has 2 rings (SSSR count). The Morgan fingerprint density at radius 3 is 2.61 bits per heavy atom. The van der Waals surface area contributed by atoms with Gasteiger partial charge >= 0.3 is 0 Å². The Morgan fingerprint density at radius 2 is 1.89 bits per heavy atom. The summed E-state index contributed by atoms with van der Waals surface area (Å²) >= 11 is 0. The van der Waals surface area contributed by atoms with E-state index in [2.05, 4.69) is 4.99 Å². The smallest absolute Gasteiger partial charge is 0.240 e. The first-order valence-electron chi connectivity index (χ1n) is 5.34. The summed E-state index contributed by atoms with van der Waals surface area (Å²) in [5, 5.41) is 0. The Hall–Kier alpha value is -2.45. The van der Waals surface area contributed by atoms with Crippen LogP contribution >= 0.6 is 0 Å². The third kappa shape index (κ3) is 2.81. The number of hydrogen-bond donors (Lipinski definition) is 0. The lowest BCUT2D eigenvalue weighted by atomic mass is 10.2. The zero-order chi connectivity index (χ0) is 12.8. The minimum Gasteiger partial charge on any atom is -0.486 e. The number of halogens is 1. The van der Waals surface area contributed by atoms with Crippen LogP contribution in [-0.2, 0) is 11.4 Å². The SMILES string of the molecule is O=C=Nc1c(F)cccc1OCc1ccccc1. The van der Waals surface area contributed by atoms with Gasteiger partial charge in [-0.1, -0.05) is 36.4 Å². The van der Waals surface area contributed by atoms with E-state index in [0.717, 1.165) is 5.56 Å². The molecule has 3 nitrogen and oxygen atoms in total. The lowest BCUT2D eigenvalue weighted by Crippen LogP contribution is -1.96. The molecule has 0 aromatic heterocycles. The van der Waals surface area contributed by atoms with Gasteiger partial charge in [-0.25, -0.2) is 9.18 Å². The molecule has 0 radical (unpaired) electrons. The molecule has 2 aromatic rings. The Balaban J connectivity index is 2.19. The number of rotatable bonds is 4. The summed E-state index contributed by atoms with van der Waals surface area (Å²) in [5.41, 5.74) is 0.825. The van der Waals surface area contributed by atoms with E-state index in [1.807, 2.05) is 30.3 Å². The van der Waals surface area contributed by atoms with Crippen LogP contribution in [0, 0.1) is 5.82 Å². The second-order valence-electron chi connectivity index (χ2n) is 3.56. The Kier molecular flexibility index (Phi) is 3.84. The summed E-state index contributed by atoms with van der Waals surface area (Å²) in [6.07, 6.45) is 1.32. The second-order valence-corrected chi connectivity index (χ2v) is 3.56. The molecular formula is C14H10FNO2. The molecule has 0 amide bonds. The van der Waals surface area contributed by atoms with E-state index >= 15 is 0 Å². The van der Waals surface area contributed by atoms with E-state index in [4.69, 9.17) is 4.74 Å². The zero-order valence-electron chi connectivity index (χ0n) is 9.47. The maximum atomic E-state index is 13.4. The average Bonchev–Trinajstić information content (AvgIpc) is 2.41. The first-order valence-corrected chi connectivity index (χ1v) is 5.34. The largest absolute Gasteiger partial charge is 0.486 e. The van der Waals surface area contributed by atoms with E-state index in [0.29, 0.717) is 0 Å². The quantitative estimate of drug-likeness (QED) is 0.610. The number of nitrogens with zero attached hydrogens (tertiary/aromatic N) is 1. The van der Waals surface area contributed by atoms with Crippen molar-refractivity contribution in [2.24, 2.45) is 4.99 Å². The molecule has 0 saturated heterocycles. The highest BCUT2D eigenvalue weighted by molar-refractivity contribution is 5.58. The van der Waals surface area contributed by atoms with Crippen molar-refractivity contribution < 1.29 is 13.9 Å². The normalized spacial score (nSPS) is 9.61. The molecule has 2 aromatic carbocycles. The minimum absolute atomic E-state index is 0.122. The van der Waals surface area contributed by atoms with Crippen LogP contribution in [0.1, 0.15) is 5.56 Å². The van der Waals surface area contributed by atoms with Crippen molar-refractivity contribution in [2.45, 2.75) is 6.61 Å². The minimum atomic E-state index is -0.607. The fraction of sp³-hybridized carbons (Fsp3) is 0.0714. The van der Waals surface area contributed by atoms with Crippen LogP contribution in [0.3, 0.4) is 0 Å². The molecule has 0 aliphatic rings. The molecule has 0 spiro atoms. The van der Waals surface area contributed by atoms with Crippen molar-refractivity contribution in [1.29, 1.82) is 0 Å². The van der Waals surface area contributed by atoms with E-state index in [1.54, 1.807) is 6.07 Å². The summed E-state index contributed by atoms with van der Waals surface area (Å²) in [6, 6.07) is 13.7. The zero-order valence-corrected chi connectivity index (χ0v) is 9.47. The number of aliphatic imine (C=N–C) groups is 1. The number of carbonyl (C=O) groups excluding carboxylic acids is 1. The van der Waals surface area contributed by atoms with Crippen LogP contribution in [0.25, 0.3) is 0 Å². The lowest BCUT2D eigenvalue weighted by molar-refractivity contribution is 0.306. The van der Waals surface area contributed by atoms with Gasteiger partial charge in [-0.3, -0.25) is 0 Å². The molecule has 0 fully saturated rings. The van der Waals surface area contributed by atoms with Gasteiger partial charge in [0.25, 0.3) is 0 Å². The predicted molar refractivity (Wildman–Crippen MR) is 65.0 cm³/mol. The van der Waals surface area contributed by atoms with Gasteiger partial charge in [-0.05, 0) is 17.7 Å². The van der Waals surface area contributed by atoms with Gasteiger partial charge in [0.05, 0.1) is 0 Å².